The largest absolute Gasteiger partial charge is 0.497 e. The zero-order valence-corrected chi connectivity index (χ0v) is 14.4. The first-order chi connectivity index (χ1) is 12.3. The second-order valence-corrected chi connectivity index (χ2v) is 6.36. The first kappa shape index (κ1) is 15.8. The van der Waals surface area contributed by atoms with Gasteiger partial charge in [0.2, 0.25) is 0 Å². The third-order valence-corrected chi connectivity index (χ3v) is 4.76. The topological polar surface area (TPSA) is 34.6 Å². The highest BCUT2D eigenvalue weighted by molar-refractivity contribution is 5.82. The number of rotatable bonds is 4. The summed E-state index contributed by atoms with van der Waals surface area (Å²) in [5, 5.41) is 1.18. The molecule has 0 atom stereocenters. The van der Waals surface area contributed by atoms with Gasteiger partial charge in [0.05, 0.1) is 12.6 Å². The molecule has 25 heavy (non-hydrogen) atoms. The molecule has 0 bridgehead atoms. The lowest BCUT2D eigenvalue weighted by atomic mass is 10.1. The van der Waals surface area contributed by atoms with E-state index >= 15 is 0 Å². The summed E-state index contributed by atoms with van der Waals surface area (Å²) in [5.74, 6) is 1.77. The fourth-order valence-corrected chi connectivity index (χ4v) is 3.33. The van der Waals surface area contributed by atoms with E-state index in [1.165, 1.54) is 11.1 Å². The van der Waals surface area contributed by atoms with E-state index in [4.69, 9.17) is 9.47 Å². The van der Waals surface area contributed by atoms with Gasteiger partial charge in [-0.05, 0) is 42.5 Å². The van der Waals surface area contributed by atoms with E-state index in [0.717, 1.165) is 42.9 Å². The third-order valence-electron chi connectivity index (χ3n) is 4.76. The highest BCUT2D eigenvalue weighted by atomic mass is 16.5. The Bertz CT molecular complexity index is 840. The van der Waals surface area contributed by atoms with Gasteiger partial charge in [0.25, 0.3) is 0 Å². The number of anilines is 1. The zero-order valence-electron chi connectivity index (χ0n) is 14.4. The predicted molar refractivity (Wildman–Crippen MR) is 101 cm³/mol. The van der Waals surface area contributed by atoms with Crippen LogP contribution in [-0.2, 0) is 0 Å². The standard InChI is InChI=1S/C21H22N2O2/c1-24-18-6-8-19(9-7-18)25-20-10-13-23(14-11-20)17-5-4-16-3-2-12-22-21(16)15-17/h2-9,12,15,20H,10-11,13-14H2,1H3. The van der Waals surface area contributed by atoms with Crippen molar-refractivity contribution in [2.24, 2.45) is 0 Å². The van der Waals surface area contributed by atoms with Gasteiger partial charge in [-0.1, -0.05) is 12.1 Å². The fraction of sp³-hybridized carbons (Fsp3) is 0.286. The molecule has 0 unspecified atom stereocenters. The number of fused-ring (bicyclic) bond motifs is 1. The number of ether oxygens (including phenoxy) is 2. The molecule has 0 spiro atoms. The summed E-state index contributed by atoms with van der Waals surface area (Å²) < 4.78 is 11.3. The lowest BCUT2D eigenvalue weighted by Gasteiger charge is -2.33. The molecule has 1 saturated heterocycles. The molecule has 0 radical (unpaired) electrons. The van der Waals surface area contributed by atoms with Gasteiger partial charge < -0.3 is 14.4 Å². The summed E-state index contributed by atoms with van der Waals surface area (Å²) in [5.41, 5.74) is 2.30. The Hall–Kier alpha value is -2.75. The van der Waals surface area contributed by atoms with Gasteiger partial charge in [0.1, 0.15) is 17.6 Å². The molecule has 4 heteroatoms. The molecule has 1 fully saturated rings. The van der Waals surface area contributed by atoms with Crippen molar-refractivity contribution >= 4 is 16.6 Å². The molecular formula is C21H22N2O2. The maximum absolute atomic E-state index is 6.11. The van der Waals surface area contributed by atoms with Gasteiger partial charge in [-0.2, -0.15) is 0 Å². The predicted octanol–water partition coefficient (Wildman–Crippen LogP) is 4.29. The van der Waals surface area contributed by atoms with Gasteiger partial charge in [-0.25, -0.2) is 0 Å². The Labute approximate surface area is 148 Å². The SMILES string of the molecule is COc1ccc(OC2CCN(c3ccc4cccnc4c3)CC2)cc1. The van der Waals surface area contributed by atoms with Crippen LogP contribution >= 0.6 is 0 Å². The molecule has 3 aromatic rings. The van der Waals surface area contributed by atoms with Crippen LogP contribution in [0, 0.1) is 0 Å². The number of piperidine rings is 1. The maximum Gasteiger partial charge on any atom is 0.119 e. The zero-order chi connectivity index (χ0) is 17.1. The Morgan fingerprint density at radius 2 is 1.72 bits per heavy atom. The highest BCUT2D eigenvalue weighted by Gasteiger charge is 2.21. The number of pyridine rings is 1. The average Bonchev–Trinajstić information content (AvgIpc) is 2.69. The number of benzene rings is 2. The number of aromatic nitrogens is 1. The van der Waals surface area contributed by atoms with Crippen molar-refractivity contribution in [1.29, 1.82) is 0 Å². The van der Waals surface area contributed by atoms with Crippen LogP contribution in [0.3, 0.4) is 0 Å². The summed E-state index contributed by atoms with van der Waals surface area (Å²) >= 11 is 0. The average molecular weight is 334 g/mol. The Morgan fingerprint density at radius 1 is 0.960 bits per heavy atom. The van der Waals surface area contributed by atoms with Crippen LogP contribution in [0.1, 0.15) is 12.8 Å². The molecule has 0 N–H and O–H groups in total. The van der Waals surface area contributed by atoms with Crippen molar-refractivity contribution in [3.8, 4) is 11.5 Å². The van der Waals surface area contributed by atoms with Gasteiger partial charge in [0.15, 0.2) is 0 Å². The van der Waals surface area contributed by atoms with E-state index < -0.39 is 0 Å². The smallest absolute Gasteiger partial charge is 0.119 e. The van der Waals surface area contributed by atoms with Gasteiger partial charge >= 0.3 is 0 Å². The van der Waals surface area contributed by atoms with E-state index in [1.807, 2.05) is 36.5 Å². The van der Waals surface area contributed by atoms with E-state index in [1.54, 1.807) is 7.11 Å². The molecular weight excluding hydrogens is 312 g/mol. The Balaban J connectivity index is 1.38. The minimum Gasteiger partial charge on any atom is -0.497 e. The van der Waals surface area contributed by atoms with Crippen molar-refractivity contribution < 1.29 is 9.47 Å². The summed E-state index contributed by atoms with van der Waals surface area (Å²) in [6, 6.07) is 18.4. The normalized spacial score (nSPS) is 15.3. The second kappa shape index (κ2) is 7.01. The minimum atomic E-state index is 0.267. The van der Waals surface area contributed by atoms with Crippen LogP contribution in [-0.4, -0.2) is 31.3 Å². The molecule has 1 aromatic heterocycles. The van der Waals surface area contributed by atoms with E-state index in [0.29, 0.717) is 0 Å². The van der Waals surface area contributed by atoms with Crippen LogP contribution in [0.4, 0.5) is 5.69 Å². The highest BCUT2D eigenvalue weighted by Crippen LogP contribution is 2.26. The summed E-state index contributed by atoms with van der Waals surface area (Å²) in [6.07, 6.45) is 4.16. The van der Waals surface area contributed by atoms with Crippen molar-refractivity contribution in [2.75, 3.05) is 25.1 Å². The molecule has 2 heterocycles. The molecule has 4 rings (SSSR count). The summed E-state index contributed by atoms with van der Waals surface area (Å²) in [4.78, 5) is 6.88. The van der Waals surface area contributed by atoms with E-state index in [9.17, 15) is 0 Å². The van der Waals surface area contributed by atoms with Gasteiger partial charge in [0, 0.05) is 43.2 Å². The van der Waals surface area contributed by atoms with Crippen LogP contribution in [0.15, 0.2) is 60.8 Å². The molecule has 4 nitrogen and oxygen atoms in total. The van der Waals surface area contributed by atoms with Crippen molar-refractivity contribution in [3.05, 3.63) is 60.8 Å². The minimum absolute atomic E-state index is 0.267. The van der Waals surface area contributed by atoms with Crippen LogP contribution in [0.5, 0.6) is 11.5 Å². The first-order valence-corrected chi connectivity index (χ1v) is 8.72. The lowest BCUT2D eigenvalue weighted by Crippen LogP contribution is -2.38. The second-order valence-electron chi connectivity index (χ2n) is 6.36. The molecule has 0 aliphatic carbocycles. The summed E-state index contributed by atoms with van der Waals surface area (Å²) in [7, 11) is 1.67. The molecule has 2 aromatic carbocycles. The Morgan fingerprint density at radius 3 is 2.48 bits per heavy atom. The van der Waals surface area contributed by atoms with Crippen LogP contribution in [0.2, 0.25) is 0 Å². The van der Waals surface area contributed by atoms with Crippen molar-refractivity contribution in [1.82, 2.24) is 4.98 Å². The number of hydrogen-bond donors (Lipinski definition) is 0. The van der Waals surface area contributed by atoms with E-state index in [2.05, 4.69) is 34.1 Å². The van der Waals surface area contributed by atoms with Gasteiger partial charge in [-0.3, -0.25) is 4.98 Å². The summed E-state index contributed by atoms with van der Waals surface area (Å²) in [6.45, 7) is 2.00. The monoisotopic (exact) mass is 334 g/mol. The third kappa shape index (κ3) is 3.53. The molecule has 1 aliphatic heterocycles. The lowest BCUT2D eigenvalue weighted by molar-refractivity contribution is 0.171. The molecule has 0 amide bonds. The fourth-order valence-electron chi connectivity index (χ4n) is 3.33. The number of methoxy groups -OCH3 is 1. The maximum atomic E-state index is 6.11. The molecule has 0 saturated carbocycles. The van der Waals surface area contributed by atoms with Crippen LogP contribution in [0.25, 0.3) is 10.9 Å². The number of nitrogens with zero attached hydrogens (tertiary/aromatic N) is 2. The number of hydrogen-bond acceptors (Lipinski definition) is 4. The van der Waals surface area contributed by atoms with Crippen molar-refractivity contribution in [2.45, 2.75) is 18.9 Å². The first-order valence-electron chi connectivity index (χ1n) is 8.72. The van der Waals surface area contributed by atoms with E-state index in [-0.39, 0.29) is 6.10 Å². The quantitative estimate of drug-likeness (QED) is 0.713. The van der Waals surface area contributed by atoms with Gasteiger partial charge in [-0.15, -0.1) is 0 Å². The van der Waals surface area contributed by atoms with Crippen LogP contribution < -0.4 is 14.4 Å². The molecule has 1 aliphatic rings. The molecule has 128 valence electrons. The Kier molecular flexibility index (Phi) is 4.42. The van der Waals surface area contributed by atoms with Crippen molar-refractivity contribution in [3.63, 3.8) is 0 Å².